The summed E-state index contributed by atoms with van der Waals surface area (Å²) in [6, 6.07) is 0. The number of hydrogen-bond donors (Lipinski definition) is 0. The second-order valence-corrected chi connectivity index (χ2v) is 3.90. The van der Waals surface area contributed by atoms with Crippen molar-refractivity contribution >= 4 is 17.5 Å². The third-order valence-electron chi connectivity index (χ3n) is 2.32. The highest BCUT2D eigenvalue weighted by Crippen LogP contribution is 2.15. The highest BCUT2D eigenvalue weighted by molar-refractivity contribution is 6.18. The maximum atomic E-state index is 11.4. The van der Waals surface area contributed by atoms with E-state index < -0.39 is 0 Å². The molecule has 0 aliphatic carbocycles. The van der Waals surface area contributed by atoms with E-state index >= 15 is 0 Å². The standard InChI is InChI=1S/C9H16ClNO/c1-8-3-2-6-11(7-8)9(12)4-5-10/h8H,2-7H2,1H3. The Labute approximate surface area is 78.9 Å². The van der Waals surface area contributed by atoms with Crippen LogP contribution in [0.15, 0.2) is 0 Å². The monoisotopic (exact) mass is 189 g/mol. The summed E-state index contributed by atoms with van der Waals surface area (Å²) in [7, 11) is 0. The van der Waals surface area contributed by atoms with E-state index in [1.165, 1.54) is 6.42 Å². The van der Waals surface area contributed by atoms with Crippen molar-refractivity contribution in [3.8, 4) is 0 Å². The van der Waals surface area contributed by atoms with E-state index in [4.69, 9.17) is 11.6 Å². The van der Waals surface area contributed by atoms with Crippen LogP contribution in [0.5, 0.6) is 0 Å². The Kier molecular flexibility index (Phi) is 3.86. The normalized spacial score (nSPS) is 24.2. The lowest BCUT2D eigenvalue weighted by molar-refractivity contribution is -0.132. The van der Waals surface area contributed by atoms with Gasteiger partial charge in [-0.3, -0.25) is 4.79 Å². The van der Waals surface area contributed by atoms with Gasteiger partial charge in [-0.25, -0.2) is 0 Å². The molecule has 1 atom stereocenters. The third-order valence-corrected chi connectivity index (χ3v) is 2.51. The highest BCUT2D eigenvalue weighted by Gasteiger charge is 2.19. The van der Waals surface area contributed by atoms with Gasteiger partial charge in [0.2, 0.25) is 5.91 Å². The molecular formula is C9H16ClNO. The Morgan fingerprint density at radius 1 is 1.67 bits per heavy atom. The topological polar surface area (TPSA) is 20.3 Å². The van der Waals surface area contributed by atoms with Gasteiger partial charge in [-0.2, -0.15) is 0 Å². The first-order valence-corrected chi connectivity index (χ1v) is 5.11. The molecule has 0 spiro atoms. The van der Waals surface area contributed by atoms with Crippen LogP contribution in [0.25, 0.3) is 0 Å². The van der Waals surface area contributed by atoms with Gasteiger partial charge in [-0.05, 0) is 18.8 Å². The smallest absolute Gasteiger partial charge is 0.223 e. The molecule has 0 aromatic heterocycles. The van der Waals surface area contributed by atoms with Crippen LogP contribution in [-0.4, -0.2) is 29.8 Å². The fourth-order valence-electron chi connectivity index (χ4n) is 1.65. The fourth-order valence-corrected chi connectivity index (χ4v) is 1.82. The number of carbonyl (C=O) groups is 1. The van der Waals surface area contributed by atoms with E-state index in [9.17, 15) is 4.79 Å². The molecule has 1 aliphatic rings. The Bertz CT molecular complexity index is 161. The highest BCUT2D eigenvalue weighted by atomic mass is 35.5. The first kappa shape index (κ1) is 9.85. The van der Waals surface area contributed by atoms with E-state index in [1.54, 1.807) is 0 Å². The van der Waals surface area contributed by atoms with Crippen molar-refractivity contribution in [1.29, 1.82) is 0 Å². The number of nitrogens with zero attached hydrogens (tertiary/aromatic N) is 1. The number of piperidine rings is 1. The Morgan fingerprint density at radius 3 is 3.00 bits per heavy atom. The molecule has 1 aliphatic heterocycles. The molecule has 0 saturated carbocycles. The molecule has 1 heterocycles. The number of hydrogen-bond acceptors (Lipinski definition) is 1. The summed E-state index contributed by atoms with van der Waals surface area (Å²) in [6.07, 6.45) is 2.90. The maximum absolute atomic E-state index is 11.4. The minimum absolute atomic E-state index is 0.219. The second-order valence-electron chi connectivity index (χ2n) is 3.53. The quantitative estimate of drug-likeness (QED) is 0.608. The van der Waals surface area contributed by atoms with Crippen LogP contribution in [0.2, 0.25) is 0 Å². The van der Waals surface area contributed by atoms with Crippen molar-refractivity contribution in [1.82, 2.24) is 4.90 Å². The molecule has 0 bridgehead atoms. The first-order chi connectivity index (χ1) is 5.74. The fraction of sp³-hybridized carbons (Fsp3) is 0.889. The number of carbonyl (C=O) groups excluding carboxylic acids is 1. The van der Waals surface area contributed by atoms with Gasteiger partial charge in [0.1, 0.15) is 0 Å². The van der Waals surface area contributed by atoms with Gasteiger partial charge in [0.15, 0.2) is 0 Å². The third kappa shape index (κ3) is 2.67. The molecule has 1 rings (SSSR count). The molecule has 1 amide bonds. The second kappa shape index (κ2) is 4.70. The van der Waals surface area contributed by atoms with Crippen molar-refractivity contribution in [2.75, 3.05) is 19.0 Å². The van der Waals surface area contributed by atoms with Crippen LogP contribution in [0, 0.1) is 5.92 Å². The number of amides is 1. The molecule has 1 unspecified atom stereocenters. The first-order valence-electron chi connectivity index (χ1n) is 4.57. The van der Waals surface area contributed by atoms with Crippen LogP contribution in [0.1, 0.15) is 26.2 Å². The Balaban J connectivity index is 2.35. The average molecular weight is 190 g/mol. The largest absolute Gasteiger partial charge is 0.342 e. The lowest BCUT2D eigenvalue weighted by Gasteiger charge is -2.30. The number of likely N-dealkylation sites (tertiary alicyclic amines) is 1. The zero-order valence-corrected chi connectivity index (χ0v) is 8.31. The average Bonchev–Trinajstić information content (AvgIpc) is 2.05. The SMILES string of the molecule is CC1CCCN(C(=O)CCCl)C1. The molecule has 3 heteroatoms. The molecule has 0 N–H and O–H groups in total. The van der Waals surface area contributed by atoms with Gasteiger partial charge >= 0.3 is 0 Å². The van der Waals surface area contributed by atoms with Crippen molar-refractivity contribution in [2.24, 2.45) is 5.92 Å². The lowest BCUT2D eigenvalue weighted by Crippen LogP contribution is -2.39. The number of rotatable bonds is 2. The van der Waals surface area contributed by atoms with Gasteiger partial charge < -0.3 is 4.90 Å². The van der Waals surface area contributed by atoms with E-state index in [0.717, 1.165) is 19.5 Å². The van der Waals surface area contributed by atoms with E-state index in [0.29, 0.717) is 18.2 Å². The molecule has 12 heavy (non-hydrogen) atoms. The summed E-state index contributed by atoms with van der Waals surface area (Å²) >= 11 is 5.50. The molecule has 1 saturated heterocycles. The summed E-state index contributed by atoms with van der Waals surface area (Å²) < 4.78 is 0. The number of halogens is 1. The molecule has 2 nitrogen and oxygen atoms in total. The predicted molar refractivity (Wildman–Crippen MR) is 50.3 cm³/mol. The Morgan fingerprint density at radius 2 is 2.42 bits per heavy atom. The number of alkyl halides is 1. The van der Waals surface area contributed by atoms with Gasteiger partial charge in [0.25, 0.3) is 0 Å². The lowest BCUT2D eigenvalue weighted by atomic mass is 10.0. The van der Waals surface area contributed by atoms with Gasteiger partial charge in [-0.15, -0.1) is 11.6 Å². The van der Waals surface area contributed by atoms with Crippen molar-refractivity contribution in [3.05, 3.63) is 0 Å². The van der Waals surface area contributed by atoms with Crippen molar-refractivity contribution in [2.45, 2.75) is 26.2 Å². The molecule has 0 radical (unpaired) electrons. The zero-order valence-electron chi connectivity index (χ0n) is 7.55. The van der Waals surface area contributed by atoms with E-state index in [2.05, 4.69) is 6.92 Å². The van der Waals surface area contributed by atoms with E-state index in [-0.39, 0.29) is 5.91 Å². The molecule has 70 valence electrons. The van der Waals surface area contributed by atoms with Crippen LogP contribution in [0.4, 0.5) is 0 Å². The molecule has 1 fully saturated rings. The van der Waals surface area contributed by atoms with E-state index in [1.807, 2.05) is 4.90 Å². The van der Waals surface area contributed by atoms with Crippen molar-refractivity contribution < 1.29 is 4.79 Å². The van der Waals surface area contributed by atoms with Crippen LogP contribution < -0.4 is 0 Å². The summed E-state index contributed by atoms with van der Waals surface area (Å²) in [5, 5.41) is 0. The van der Waals surface area contributed by atoms with Crippen LogP contribution >= 0.6 is 11.6 Å². The van der Waals surface area contributed by atoms with Crippen LogP contribution in [-0.2, 0) is 4.79 Å². The van der Waals surface area contributed by atoms with Crippen LogP contribution in [0.3, 0.4) is 0 Å². The molecule has 0 aromatic carbocycles. The van der Waals surface area contributed by atoms with Crippen molar-refractivity contribution in [3.63, 3.8) is 0 Å². The molecule has 0 aromatic rings. The molecular weight excluding hydrogens is 174 g/mol. The summed E-state index contributed by atoms with van der Waals surface area (Å²) in [4.78, 5) is 13.3. The zero-order chi connectivity index (χ0) is 8.97. The minimum atomic E-state index is 0.219. The summed E-state index contributed by atoms with van der Waals surface area (Å²) in [5.74, 6) is 1.33. The van der Waals surface area contributed by atoms with Gasteiger partial charge in [-0.1, -0.05) is 6.92 Å². The maximum Gasteiger partial charge on any atom is 0.223 e. The predicted octanol–water partition coefficient (Wildman–Crippen LogP) is 1.87. The van der Waals surface area contributed by atoms with Gasteiger partial charge in [0.05, 0.1) is 0 Å². The minimum Gasteiger partial charge on any atom is -0.342 e. The van der Waals surface area contributed by atoms with Gasteiger partial charge in [0, 0.05) is 25.4 Å². The summed E-state index contributed by atoms with van der Waals surface area (Å²) in [6.45, 7) is 4.05. The Hall–Kier alpha value is -0.240. The summed E-state index contributed by atoms with van der Waals surface area (Å²) in [5.41, 5.74) is 0.